The molecule has 3 N–H and O–H groups in total. The maximum absolute atomic E-state index is 8.93. The van der Waals surface area contributed by atoms with Crippen LogP contribution in [0.25, 0.3) is 11.0 Å². The zero-order valence-electron chi connectivity index (χ0n) is 8.72. The number of aryl methyl sites for hydroxylation is 1. The highest BCUT2D eigenvalue weighted by atomic mass is 16.3. The van der Waals surface area contributed by atoms with E-state index in [2.05, 4.69) is 4.98 Å². The van der Waals surface area contributed by atoms with Gasteiger partial charge in [-0.15, -0.1) is 0 Å². The van der Waals surface area contributed by atoms with Crippen molar-refractivity contribution in [3.8, 4) is 0 Å². The molecule has 0 aliphatic heterocycles. The number of rotatable bonds is 3. The Morgan fingerprint density at radius 2 is 2.40 bits per heavy atom. The molecule has 0 bridgehead atoms. The number of nitrogens with zero attached hydrogens (tertiary/aromatic N) is 2. The van der Waals surface area contributed by atoms with Gasteiger partial charge in [0, 0.05) is 30.9 Å². The van der Waals surface area contributed by atoms with E-state index in [4.69, 9.17) is 10.8 Å². The highest BCUT2D eigenvalue weighted by molar-refractivity contribution is 5.80. The van der Waals surface area contributed by atoms with Gasteiger partial charge in [0.15, 0.2) is 0 Å². The van der Waals surface area contributed by atoms with Gasteiger partial charge < -0.3 is 15.4 Å². The summed E-state index contributed by atoms with van der Waals surface area (Å²) in [4.78, 5) is 4.29. The summed E-state index contributed by atoms with van der Waals surface area (Å²) in [5.41, 5.74) is 7.82. The number of nitrogens with two attached hydrogens (primary N) is 1. The second-order valence-corrected chi connectivity index (χ2v) is 3.79. The minimum atomic E-state index is -0.198. The Balaban J connectivity index is 2.43. The topological polar surface area (TPSA) is 64.1 Å². The van der Waals surface area contributed by atoms with E-state index >= 15 is 0 Å². The van der Waals surface area contributed by atoms with Crippen LogP contribution in [0.4, 0.5) is 0 Å². The number of pyridine rings is 1. The van der Waals surface area contributed by atoms with E-state index in [1.165, 1.54) is 0 Å². The van der Waals surface area contributed by atoms with Crippen molar-refractivity contribution < 1.29 is 5.11 Å². The molecular formula is C11H15N3O. The molecule has 2 rings (SSSR count). The fourth-order valence-electron chi connectivity index (χ4n) is 1.80. The van der Waals surface area contributed by atoms with E-state index in [1.807, 2.05) is 29.9 Å². The molecule has 4 heteroatoms. The maximum Gasteiger partial charge on any atom is 0.139 e. The van der Waals surface area contributed by atoms with Gasteiger partial charge >= 0.3 is 0 Å². The number of hydrogen-bond donors (Lipinski definition) is 2. The molecule has 0 aliphatic rings. The van der Waals surface area contributed by atoms with Crippen LogP contribution in [0.1, 0.15) is 5.56 Å². The predicted molar refractivity (Wildman–Crippen MR) is 59.5 cm³/mol. The lowest BCUT2D eigenvalue weighted by Gasteiger charge is -2.05. The lowest BCUT2D eigenvalue weighted by atomic mass is 10.1. The highest BCUT2D eigenvalue weighted by Crippen LogP contribution is 2.19. The second-order valence-electron chi connectivity index (χ2n) is 3.79. The Morgan fingerprint density at radius 1 is 1.60 bits per heavy atom. The monoisotopic (exact) mass is 205 g/mol. The number of hydrogen-bond acceptors (Lipinski definition) is 3. The minimum absolute atomic E-state index is 0.0106. The van der Waals surface area contributed by atoms with Gasteiger partial charge in [-0.3, -0.25) is 0 Å². The van der Waals surface area contributed by atoms with Crippen LogP contribution in [-0.2, 0) is 13.5 Å². The molecule has 2 heterocycles. The Bertz CT molecular complexity index is 464. The Labute approximate surface area is 88.3 Å². The first-order valence-corrected chi connectivity index (χ1v) is 4.97. The average molecular weight is 205 g/mol. The summed E-state index contributed by atoms with van der Waals surface area (Å²) >= 11 is 0. The third-order valence-electron chi connectivity index (χ3n) is 2.53. The maximum atomic E-state index is 8.93. The number of aromatic nitrogens is 2. The molecule has 1 atom stereocenters. The third kappa shape index (κ3) is 1.86. The zero-order chi connectivity index (χ0) is 10.8. The summed E-state index contributed by atoms with van der Waals surface area (Å²) < 4.78 is 1.98. The van der Waals surface area contributed by atoms with Crippen molar-refractivity contribution in [2.45, 2.75) is 12.5 Å². The van der Waals surface area contributed by atoms with E-state index in [1.54, 1.807) is 6.20 Å². The molecule has 4 nitrogen and oxygen atoms in total. The van der Waals surface area contributed by atoms with Crippen molar-refractivity contribution in [1.82, 2.24) is 9.55 Å². The van der Waals surface area contributed by atoms with Crippen LogP contribution in [0.3, 0.4) is 0 Å². The lowest BCUT2D eigenvalue weighted by Crippen LogP contribution is -2.26. The molecule has 0 spiro atoms. The van der Waals surface area contributed by atoms with Crippen LogP contribution >= 0.6 is 0 Å². The van der Waals surface area contributed by atoms with Gasteiger partial charge in [0.25, 0.3) is 0 Å². The predicted octanol–water partition coefficient (Wildman–Crippen LogP) is 0.435. The largest absolute Gasteiger partial charge is 0.395 e. The second kappa shape index (κ2) is 4.00. The van der Waals surface area contributed by atoms with Gasteiger partial charge in [-0.25, -0.2) is 4.98 Å². The number of aliphatic hydroxyl groups is 1. The third-order valence-corrected chi connectivity index (χ3v) is 2.53. The molecule has 0 saturated heterocycles. The molecule has 0 saturated carbocycles. The Kier molecular flexibility index (Phi) is 2.70. The van der Waals surface area contributed by atoms with Crippen LogP contribution in [0.2, 0.25) is 0 Å². The lowest BCUT2D eigenvalue weighted by molar-refractivity contribution is 0.265. The van der Waals surface area contributed by atoms with Crippen molar-refractivity contribution in [1.29, 1.82) is 0 Å². The molecule has 2 aromatic rings. The molecule has 0 aliphatic carbocycles. The minimum Gasteiger partial charge on any atom is -0.395 e. The van der Waals surface area contributed by atoms with Gasteiger partial charge in [0.2, 0.25) is 0 Å². The summed E-state index contributed by atoms with van der Waals surface area (Å²) in [6.45, 7) is 0.0106. The molecule has 15 heavy (non-hydrogen) atoms. The Hall–Kier alpha value is -1.39. The molecular weight excluding hydrogens is 190 g/mol. The van der Waals surface area contributed by atoms with Crippen LogP contribution in [-0.4, -0.2) is 27.3 Å². The van der Waals surface area contributed by atoms with Crippen LogP contribution in [0.15, 0.2) is 24.5 Å². The highest BCUT2D eigenvalue weighted by Gasteiger charge is 2.09. The van der Waals surface area contributed by atoms with E-state index in [0.29, 0.717) is 6.42 Å². The Morgan fingerprint density at radius 3 is 3.13 bits per heavy atom. The van der Waals surface area contributed by atoms with E-state index in [-0.39, 0.29) is 12.6 Å². The zero-order valence-corrected chi connectivity index (χ0v) is 8.72. The van der Waals surface area contributed by atoms with Crippen LogP contribution in [0, 0.1) is 0 Å². The summed E-state index contributed by atoms with van der Waals surface area (Å²) in [5, 5.41) is 10.0. The van der Waals surface area contributed by atoms with E-state index < -0.39 is 0 Å². The standard InChI is InChI=1S/C11H15N3O/c1-14-6-8(5-9(12)7-15)10-3-2-4-13-11(10)14/h2-4,6,9,15H,5,7,12H2,1H3. The molecule has 0 aromatic carbocycles. The van der Waals surface area contributed by atoms with E-state index in [0.717, 1.165) is 16.6 Å². The smallest absolute Gasteiger partial charge is 0.139 e. The van der Waals surface area contributed by atoms with Crippen molar-refractivity contribution >= 4 is 11.0 Å². The SMILES string of the molecule is Cn1cc(CC(N)CO)c2cccnc21. The van der Waals surface area contributed by atoms with Gasteiger partial charge in [-0.2, -0.15) is 0 Å². The fraction of sp³-hybridized carbons (Fsp3) is 0.364. The summed E-state index contributed by atoms with van der Waals surface area (Å²) in [7, 11) is 1.96. The van der Waals surface area contributed by atoms with E-state index in [9.17, 15) is 0 Å². The molecule has 80 valence electrons. The first-order valence-electron chi connectivity index (χ1n) is 4.97. The molecule has 0 radical (unpaired) electrons. The van der Waals surface area contributed by atoms with Gasteiger partial charge in [-0.1, -0.05) is 0 Å². The number of aliphatic hydroxyl groups excluding tert-OH is 1. The van der Waals surface area contributed by atoms with Crippen molar-refractivity contribution in [2.75, 3.05) is 6.61 Å². The molecule has 0 fully saturated rings. The summed E-state index contributed by atoms with van der Waals surface area (Å²) in [5.74, 6) is 0. The quantitative estimate of drug-likeness (QED) is 0.764. The van der Waals surface area contributed by atoms with Gasteiger partial charge in [-0.05, 0) is 24.1 Å². The normalized spacial score (nSPS) is 13.3. The molecule has 1 unspecified atom stereocenters. The van der Waals surface area contributed by atoms with Crippen LogP contribution < -0.4 is 5.73 Å². The fourth-order valence-corrected chi connectivity index (χ4v) is 1.80. The average Bonchev–Trinajstić information content (AvgIpc) is 2.57. The van der Waals surface area contributed by atoms with Gasteiger partial charge in [0.1, 0.15) is 5.65 Å². The molecule has 2 aromatic heterocycles. The van der Waals surface area contributed by atoms with Crippen molar-refractivity contribution in [3.05, 3.63) is 30.1 Å². The van der Waals surface area contributed by atoms with Crippen molar-refractivity contribution in [2.24, 2.45) is 12.8 Å². The van der Waals surface area contributed by atoms with Gasteiger partial charge in [0.05, 0.1) is 6.61 Å². The molecule has 0 amide bonds. The van der Waals surface area contributed by atoms with Crippen LogP contribution in [0.5, 0.6) is 0 Å². The first-order chi connectivity index (χ1) is 7.22. The first kappa shape index (κ1) is 10.1. The summed E-state index contributed by atoms with van der Waals surface area (Å²) in [6, 6.07) is 3.74. The number of fused-ring (bicyclic) bond motifs is 1. The van der Waals surface area contributed by atoms with Crippen molar-refractivity contribution in [3.63, 3.8) is 0 Å². The summed E-state index contributed by atoms with van der Waals surface area (Å²) in [6.07, 6.45) is 4.48.